The summed E-state index contributed by atoms with van der Waals surface area (Å²) in [5.74, 6) is 6.06. The van der Waals surface area contributed by atoms with Gasteiger partial charge in [0.2, 0.25) is 0 Å². The number of amides is 2. The molecule has 0 saturated heterocycles. The van der Waals surface area contributed by atoms with E-state index in [2.05, 4.69) is 10.6 Å². The van der Waals surface area contributed by atoms with E-state index < -0.39 is 29.2 Å². The lowest BCUT2D eigenvalue weighted by molar-refractivity contribution is 0.0224. The van der Waals surface area contributed by atoms with Gasteiger partial charge < -0.3 is 29.7 Å². The summed E-state index contributed by atoms with van der Waals surface area (Å²) in [7, 11) is 5.69. The average Bonchev–Trinajstić information content (AvgIpc) is 3.22. The van der Waals surface area contributed by atoms with Crippen molar-refractivity contribution < 1.29 is 28.6 Å². The number of carbonyl (C=O) groups is 3. The van der Waals surface area contributed by atoms with E-state index in [1.165, 1.54) is 6.07 Å². The molecule has 1 atom stereocenters. The molecule has 2 amide bonds. The number of esters is 1. The van der Waals surface area contributed by atoms with Crippen molar-refractivity contribution in [2.24, 2.45) is 5.84 Å². The third-order valence-corrected chi connectivity index (χ3v) is 7.12. The van der Waals surface area contributed by atoms with Gasteiger partial charge in [0.05, 0.1) is 12.1 Å². The molecule has 0 aromatic heterocycles. The number of hydrazine groups is 1. The van der Waals surface area contributed by atoms with Gasteiger partial charge in [-0.15, -0.1) is 0 Å². The van der Waals surface area contributed by atoms with E-state index in [0.717, 1.165) is 16.4 Å². The summed E-state index contributed by atoms with van der Waals surface area (Å²) in [5, 5.41) is 6.67. The van der Waals surface area contributed by atoms with Crippen molar-refractivity contribution in [2.75, 3.05) is 44.4 Å². The predicted octanol–water partition coefficient (Wildman–Crippen LogP) is 4.20. The maximum Gasteiger partial charge on any atom is 0.407 e. The molecule has 2 aliphatic rings. The number of carbonyl (C=O) groups excluding carboxylic acids is 3. The molecular formula is C31H35N5O6. The van der Waals surface area contributed by atoms with Crippen molar-refractivity contribution >= 4 is 29.3 Å². The van der Waals surface area contributed by atoms with Crippen LogP contribution in [0.4, 0.5) is 16.2 Å². The van der Waals surface area contributed by atoms with Crippen LogP contribution in [0.5, 0.6) is 11.5 Å². The van der Waals surface area contributed by atoms with Gasteiger partial charge in [0.1, 0.15) is 17.1 Å². The minimum atomic E-state index is -1.27. The summed E-state index contributed by atoms with van der Waals surface area (Å²) in [4.78, 5) is 40.5. The topological polar surface area (TPSA) is 135 Å². The normalized spacial score (nSPS) is 16.4. The minimum Gasteiger partial charge on any atom is -0.456 e. The first-order valence-corrected chi connectivity index (χ1v) is 13.6. The molecule has 0 radical (unpaired) electrons. The third-order valence-electron chi connectivity index (χ3n) is 7.12. The Hall–Kier alpha value is -4.77. The molecule has 42 heavy (non-hydrogen) atoms. The van der Waals surface area contributed by atoms with Gasteiger partial charge in [0.15, 0.2) is 5.60 Å². The molecule has 220 valence electrons. The molecule has 2 heterocycles. The second kappa shape index (κ2) is 10.6. The number of hydrogen-bond acceptors (Lipinski definition) is 9. The van der Waals surface area contributed by atoms with Crippen LogP contribution in [0.1, 0.15) is 58.2 Å². The van der Waals surface area contributed by atoms with Crippen LogP contribution >= 0.6 is 0 Å². The molecule has 11 nitrogen and oxygen atoms in total. The fourth-order valence-corrected chi connectivity index (χ4v) is 5.14. The second-order valence-corrected chi connectivity index (χ2v) is 11.4. The zero-order valence-corrected chi connectivity index (χ0v) is 24.5. The minimum absolute atomic E-state index is 0.0314. The van der Waals surface area contributed by atoms with Crippen LogP contribution in [0.25, 0.3) is 0 Å². The fourth-order valence-electron chi connectivity index (χ4n) is 5.14. The van der Waals surface area contributed by atoms with E-state index in [0.29, 0.717) is 28.2 Å². The molecule has 1 unspecified atom stereocenters. The van der Waals surface area contributed by atoms with E-state index in [4.69, 9.17) is 20.1 Å². The van der Waals surface area contributed by atoms with Gasteiger partial charge in [-0.05, 0) is 57.2 Å². The highest BCUT2D eigenvalue weighted by atomic mass is 16.6. The monoisotopic (exact) mass is 573 g/mol. The van der Waals surface area contributed by atoms with Crippen LogP contribution < -0.4 is 26.1 Å². The van der Waals surface area contributed by atoms with Crippen LogP contribution in [0, 0.1) is 0 Å². The molecule has 0 aliphatic carbocycles. The zero-order chi connectivity index (χ0) is 30.4. The van der Waals surface area contributed by atoms with E-state index in [1.807, 2.05) is 62.4 Å². The highest BCUT2D eigenvalue weighted by Gasteiger charge is 2.53. The maximum atomic E-state index is 13.5. The number of anilines is 2. The summed E-state index contributed by atoms with van der Waals surface area (Å²) >= 11 is 0. The molecular weight excluding hydrogens is 538 g/mol. The van der Waals surface area contributed by atoms with Crippen LogP contribution in [0.2, 0.25) is 0 Å². The molecule has 3 aromatic rings. The summed E-state index contributed by atoms with van der Waals surface area (Å²) in [6.07, 6.45) is -0.606. The molecule has 0 bridgehead atoms. The highest BCUT2D eigenvalue weighted by molar-refractivity contribution is 6.01. The average molecular weight is 574 g/mol. The van der Waals surface area contributed by atoms with Crippen LogP contribution in [-0.4, -0.2) is 62.8 Å². The SMILES string of the molecule is CNc1ccc2c(c1)Oc1cc(N(C)C)ccc1C21OC(=O)c2cc(C(=O)N(N)CCNC(=O)OC(C)(C)C)ccc21. The first-order valence-electron chi connectivity index (χ1n) is 13.6. The van der Waals surface area contributed by atoms with Crippen molar-refractivity contribution in [3.05, 3.63) is 82.4 Å². The number of rotatable bonds is 6. The maximum absolute atomic E-state index is 13.5. The first kappa shape index (κ1) is 28.7. The van der Waals surface area contributed by atoms with Crippen molar-refractivity contribution in [1.29, 1.82) is 0 Å². The van der Waals surface area contributed by atoms with E-state index in [-0.39, 0.29) is 24.2 Å². The van der Waals surface area contributed by atoms with Crippen LogP contribution in [0.3, 0.4) is 0 Å². The summed E-state index contributed by atoms with van der Waals surface area (Å²) in [6.45, 7) is 5.39. The molecule has 3 aromatic carbocycles. The largest absolute Gasteiger partial charge is 0.456 e. The van der Waals surface area contributed by atoms with Gasteiger partial charge in [-0.25, -0.2) is 15.4 Å². The number of benzene rings is 3. The summed E-state index contributed by atoms with van der Waals surface area (Å²) < 4.78 is 17.8. The Bertz CT molecular complexity index is 1580. The van der Waals surface area contributed by atoms with Gasteiger partial charge in [0, 0.05) is 73.4 Å². The molecule has 5 rings (SSSR count). The first-order chi connectivity index (χ1) is 19.8. The number of ether oxygens (including phenoxy) is 3. The highest BCUT2D eigenvalue weighted by Crippen LogP contribution is 2.57. The van der Waals surface area contributed by atoms with Gasteiger partial charge >= 0.3 is 12.1 Å². The number of nitrogens with one attached hydrogen (secondary N) is 2. The standard InChI is InChI=1S/C31H35N5O6/c1-30(2,3)42-29(39)34-13-14-36(32)27(37)18-7-10-22-21(15-18)28(38)41-31(22)23-11-8-19(33-4)16-25(23)40-26-17-20(35(5)6)9-12-24(26)31/h7-12,15-17,33H,13-14,32H2,1-6H3,(H,34,39). The molecule has 0 saturated carbocycles. The summed E-state index contributed by atoms with van der Waals surface area (Å²) in [5.41, 5.74) is 2.27. The van der Waals surface area contributed by atoms with Crippen molar-refractivity contribution in [2.45, 2.75) is 32.0 Å². The van der Waals surface area contributed by atoms with Crippen LogP contribution in [-0.2, 0) is 15.1 Å². The van der Waals surface area contributed by atoms with Crippen LogP contribution in [0.15, 0.2) is 54.6 Å². The van der Waals surface area contributed by atoms with Gasteiger partial charge in [-0.3, -0.25) is 9.80 Å². The third kappa shape index (κ3) is 5.07. The van der Waals surface area contributed by atoms with Crippen molar-refractivity contribution in [3.8, 4) is 11.5 Å². The number of nitrogens with two attached hydrogens (primary N) is 1. The Morgan fingerprint density at radius 1 is 0.976 bits per heavy atom. The van der Waals surface area contributed by atoms with E-state index in [1.54, 1.807) is 32.9 Å². The Balaban J connectivity index is 1.48. The smallest absolute Gasteiger partial charge is 0.407 e. The number of alkyl carbamates (subject to hydrolysis) is 1. The Labute approximate surface area is 244 Å². The lowest BCUT2D eigenvalue weighted by atomic mass is 9.77. The fraction of sp³-hybridized carbons (Fsp3) is 0.323. The molecule has 11 heteroatoms. The van der Waals surface area contributed by atoms with Gasteiger partial charge in [-0.2, -0.15) is 0 Å². The Kier molecular flexibility index (Phi) is 7.23. The Morgan fingerprint density at radius 2 is 1.64 bits per heavy atom. The van der Waals surface area contributed by atoms with Gasteiger partial charge in [-0.1, -0.05) is 6.07 Å². The summed E-state index contributed by atoms with van der Waals surface area (Å²) in [6, 6.07) is 16.2. The van der Waals surface area contributed by atoms with Crippen molar-refractivity contribution in [3.63, 3.8) is 0 Å². The number of hydrogen-bond donors (Lipinski definition) is 3. The van der Waals surface area contributed by atoms with E-state index >= 15 is 0 Å². The molecule has 4 N–H and O–H groups in total. The predicted molar refractivity (Wildman–Crippen MR) is 158 cm³/mol. The molecule has 1 spiro atoms. The second-order valence-electron chi connectivity index (χ2n) is 11.4. The quantitative estimate of drug-likeness (QED) is 0.172. The zero-order valence-electron chi connectivity index (χ0n) is 24.5. The Morgan fingerprint density at radius 3 is 2.31 bits per heavy atom. The van der Waals surface area contributed by atoms with Crippen molar-refractivity contribution in [1.82, 2.24) is 10.3 Å². The lowest BCUT2D eigenvalue weighted by Crippen LogP contribution is -2.43. The number of nitrogens with zero attached hydrogens (tertiary/aromatic N) is 2. The lowest BCUT2D eigenvalue weighted by Gasteiger charge is -2.37. The molecule has 2 aliphatic heterocycles. The van der Waals surface area contributed by atoms with Gasteiger partial charge in [0.25, 0.3) is 5.91 Å². The number of fused-ring (bicyclic) bond motifs is 6. The molecule has 0 fully saturated rings. The van der Waals surface area contributed by atoms with E-state index in [9.17, 15) is 14.4 Å².